The molecule has 3 nitrogen and oxygen atoms in total. The summed E-state index contributed by atoms with van der Waals surface area (Å²) in [7, 11) is 1.68. The number of anilines is 1. The van der Waals surface area contributed by atoms with Gasteiger partial charge in [-0.3, -0.25) is 0 Å². The predicted octanol–water partition coefficient (Wildman–Crippen LogP) is 2.19. The molecule has 1 aromatic rings. The number of ether oxygens (including phenoxy) is 1. The third-order valence-corrected chi connectivity index (χ3v) is 3.35. The van der Waals surface area contributed by atoms with E-state index in [1.165, 1.54) is 0 Å². The first-order valence-electron chi connectivity index (χ1n) is 5.68. The lowest BCUT2D eigenvalue weighted by Gasteiger charge is -2.15. The van der Waals surface area contributed by atoms with Crippen molar-refractivity contribution in [3.8, 4) is 5.75 Å². The molecule has 88 valence electrons. The second-order valence-electron chi connectivity index (χ2n) is 4.70. The smallest absolute Gasteiger partial charge is 0.121 e. The molecule has 0 heterocycles. The molecular weight excluding hydrogens is 202 g/mol. The Hall–Kier alpha value is -1.22. The molecule has 0 unspecified atom stereocenters. The van der Waals surface area contributed by atoms with Crippen LogP contribution in [0.2, 0.25) is 0 Å². The van der Waals surface area contributed by atoms with Crippen LogP contribution in [0.5, 0.6) is 5.75 Å². The fourth-order valence-electron chi connectivity index (χ4n) is 1.85. The van der Waals surface area contributed by atoms with Gasteiger partial charge in [0.1, 0.15) is 5.75 Å². The Kier molecular flexibility index (Phi) is 3.06. The molecule has 16 heavy (non-hydrogen) atoms. The number of aryl methyl sites for hydroxylation is 1. The first-order valence-corrected chi connectivity index (χ1v) is 5.68. The van der Waals surface area contributed by atoms with E-state index in [9.17, 15) is 5.11 Å². The molecule has 1 aromatic carbocycles. The maximum absolute atomic E-state index is 9.21. The molecule has 0 saturated heterocycles. The molecule has 1 aliphatic rings. The number of aliphatic hydroxyl groups is 1. The summed E-state index contributed by atoms with van der Waals surface area (Å²) in [4.78, 5) is 0. The van der Waals surface area contributed by atoms with Gasteiger partial charge < -0.3 is 15.2 Å². The van der Waals surface area contributed by atoms with E-state index in [1.54, 1.807) is 7.11 Å². The fraction of sp³-hybridized carbons (Fsp3) is 0.538. The highest BCUT2D eigenvalue weighted by molar-refractivity contribution is 5.51. The summed E-state index contributed by atoms with van der Waals surface area (Å²) in [5.41, 5.74) is 2.37. The van der Waals surface area contributed by atoms with Crippen molar-refractivity contribution in [3.63, 3.8) is 0 Å². The number of methoxy groups -OCH3 is 1. The van der Waals surface area contributed by atoms with E-state index in [2.05, 4.69) is 11.4 Å². The quantitative estimate of drug-likeness (QED) is 0.800. The average molecular weight is 221 g/mol. The molecular formula is C13H19NO2. The summed E-state index contributed by atoms with van der Waals surface area (Å²) in [5, 5.41) is 12.6. The summed E-state index contributed by atoms with van der Waals surface area (Å²) in [6.07, 6.45) is 2.26. The zero-order valence-corrected chi connectivity index (χ0v) is 9.92. The number of hydrogen-bond donors (Lipinski definition) is 2. The SMILES string of the molecule is COc1ccc(NCC2(CO)CC2)cc1C. The summed E-state index contributed by atoms with van der Waals surface area (Å²) in [6, 6.07) is 6.06. The standard InChI is InChI=1S/C13H19NO2/c1-10-7-11(3-4-12(10)16-2)14-8-13(9-15)5-6-13/h3-4,7,14-15H,5-6,8-9H2,1-2H3. The summed E-state index contributed by atoms with van der Waals surface area (Å²) >= 11 is 0. The van der Waals surface area contributed by atoms with Crippen molar-refractivity contribution in [2.45, 2.75) is 19.8 Å². The zero-order chi connectivity index (χ0) is 11.6. The van der Waals surface area contributed by atoms with Crippen LogP contribution >= 0.6 is 0 Å². The fourth-order valence-corrected chi connectivity index (χ4v) is 1.85. The van der Waals surface area contributed by atoms with E-state index in [0.717, 1.165) is 36.4 Å². The second-order valence-corrected chi connectivity index (χ2v) is 4.70. The Bertz CT molecular complexity index is 372. The molecule has 1 saturated carbocycles. The van der Waals surface area contributed by atoms with E-state index in [1.807, 2.05) is 19.1 Å². The molecule has 0 atom stereocenters. The third kappa shape index (κ3) is 2.30. The minimum Gasteiger partial charge on any atom is -0.496 e. The second kappa shape index (κ2) is 4.34. The molecule has 0 aromatic heterocycles. The number of nitrogens with one attached hydrogen (secondary N) is 1. The first kappa shape index (κ1) is 11.3. The van der Waals surface area contributed by atoms with E-state index >= 15 is 0 Å². The highest BCUT2D eigenvalue weighted by Gasteiger charge is 2.41. The van der Waals surface area contributed by atoms with Crippen LogP contribution in [-0.2, 0) is 0 Å². The molecule has 0 bridgehead atoms. The Morgan fingerprint density at radius 2 is 2.19 bits per heavy atom. The molecule has 0 radical (unpaired) electrons. The van der Waals surface area contributed by atoms with E-state index in [0.29, 0.717) is 0 Å². The molecule has 0 aliphatic heterocycles. The predicted molar refractivity (Wildman–Crippen MR) is 65.0 cm³/mol. The molecule has 0 spiro atoms. The number of aliphatic hydroxyl groups excluding tert-OH is 1. The van der Waals surface area contributed by atoms with Crippen LogP contribution in [0.15, 0.2) is 18.2 Å². The normalized spacial score (nSPS) is 16.9. The van der Waals surface area contributed by atoms with Gasteiger partial charge in [0.15, 0.2) is 0 Å². The number of rotatable bonds is 5. The van der Waals surface area contributed by atoms with Gasteiger partial charge in [0, 0.05) is 17.6 Å². The summed E-state index contributed by atoms with van der Waals surface area (Å²) in [5.74, 6) is 0.911. The zero-order valence-electron chi connectivity index (χ0n) is 9.92. The van der Waals surface area contributed by atoms with Gasteiger partial charge in [0.05, 0.1) is 13.7 Å². The third-order valence-electron chi connectivity index (χ3n) is 3.35. The Morgan fingerprint density at radius 1 is 1.44 bits per heavy atom. The van der Waals surface area contributed by atoms with Crippen LogP contribution in [0.1, 0.15) is 18.4 Å². The largest absolute Gasteiger partial charge is 0.496 e. The van der Waals surface area contributed by atoms with Crippen LogP contribution in [0.3, 0.4) is 0 Å². The minimum atomic E-state index is 0.147. The van der Waals surface area contributed by atoms with Crippen LogP contribution in [0, 0.1) is 12.3 Å². The van der Waals surface area contributed by atoms with Crippen molar-refractivity contribution in [2.24, 2.45) is 5.41 Å². The Morgan fingerprint density at radius 3 is 2.69 bits per heavy atom. The summed E-state index contributed by atoms with van der Waals surface area (Å²) < 4.78 is 5.21. The Balaban J connectivity index is 1.97. The molecule has 2 rings (SSSR count). The topological polar surface area (TPSA) is 41.5 Å². The lowest BCUT2D eigenvalue weighted by atomic mass is 10.1. The van der Waals surface area contributed by atoms with Gasteiger partial charge >= 0.3 is 0 Å². The van der Waals surface area contributed by atoms with Crippen LogP contribution in [0.4, 0.5) is 5.69 Å². The van der Waals surface area contributed by atoms with Crippen molar-refractivity contribution in [1.29, 1.82) is 0 Å². The van der Waals surface area contributed by atoms with Crippen molar-refractivity contribution in [2.75, 3.05) is 25.6 Å². The van der Waals surface area contributed by atoms with Gasteiger partial charge in [-0.2, -0.15) is 0 Å². The van der Waals surface area contributed by atoms with Gasteiger partial charge in [-0.05, 0) is 43.5 Å². The molecule has 3 heteroatoms. The lowest BCUT2D eigenvalue weighted by molar-refractivity contribution is 0.220. The Labute approximate surface area is 96.4 Å². The van der Waals surface area contributed by atoms with Gasteiger partial charge in [-0.15, -0.1) is 0 Å². The number of hydrogen-bond acceptors (Lipinski definition) is 3. The number of benzene rings is 1. The lowest BCUT2D eigenvalue weighted by Crippen LogP contribution is -2.19. The average Bonchev–Trinajstić information content (AvgIpc) is 3.07. The van der Waals surface area contributed by atoms with E-state index in [4.69, 9.17) is 4.74 Å². The maximum Gasteiger partial charge on any atom is 0.121 e. The molecule has 1 fully saturated rings. The van der Waals surface area contributed by atoms with E-state index < -0.39 is 0 Å². The van der Waals surface area contributed by atoms with Gasteiger partial charge in [0.2, 0.25) is 0 Å². The highest BCUT2D eigenvalue weighted by atomic mass is 16.5. The first-order chi connectivity index (χ1) is 7.69. The molecule has 2 N–H and O–H groups in total. The van der Waals surface area contributed by atoms with Gasteiger partial charge in [0.25, 0.3) is 0 Å². The van der Waals surface area contributed by atoms with Crippen molar-refractivity contribution in [1.82, 2.24) is 0 Å². The van der Waals surface area contributed by atoms with Gasteiger partial charge in [-0.1, -0.05) is 0 Å². The molecule has 1 aliphatic carbocycles. The van der Waals surface area contributed by atoms with Gasteiger partial charge in [-0.25, -0.2) is 0 Å². The summed E-state index contributed by atoms with van der Waals surface area (Å²) in [6.45, 7) is 3.17. The highest BCUT2D eigenvalue weighted by Crippen LogP contribution is 2.44. The minimum absolute atomic E-state index is 0.147. The maximum atomic E-state index is 9.21. The molecule has 0 amide bonds. The van der Waals surface area contributed by atoms with Crippen molar-refractivity contribution < 1.29 is 9.84 Å². The van der Waals surface area contributed by atoms with Crippen molar-refractivity contribution >= 4 is 5.69 Å². The van der Waals surface area contributed by atoms with Crippen LogP contribution < -0.4 is 10.1 Å². The van der Waals surface area contributed by atoms with Crippen LogP contribution in [-0.4, -0.2) is 25.4 Å². The van der Waals surface area contributed by atoms with E-state index in [-0.39, 0.29) is 12.0 Å². The van der Waals surface area contributed by atoms with Crippen molar-refractivity contribution in [3.05, 3.63) is 23.8 Å². The van der Waals surface area contributed by atoms with Crippen LogP contribution in [0.25, 0.3) is 0 Å². The monoisotopic (exact) mass is 221 g/mol.